The van der Waals surface area contributed by atoms with Crippen molar-refractivity contribution in [2.45, 2.75) is 18.2 Å². The lowest BCUT2D eigenvalue weighted by atomic mass is 10.1. The Labute approximate surface area is 206 Å². The third-order valence-electron chi connectivity index (χ3n) is 5.45. The maximum atomic E-state index is 13.6. The normalized spacial score (nSPS) is 11.0. The number of amides is 1. The van der Waals surface area contributed by atoms with Gasteiger partial charge < -0.3 is 19.5 Å². The number of hydrogen-bond acceptors (Lipinski definition) is 6. The van der Waals surface area contributed by atoms with Crippen molar-refractivity contribution in [1.29, 1.82) is 0 Å². The Morgan fingerprint density at radius 3 is 2.09 bits per heavy atom. The molecule has 0 unspecified atom stereocenters. The first-order valence-electron chi connectivity index (χ1n) is 11.0. The van der Waals surface area contributed by atoms with Crippen LogP contribution in [0.2, 0.25) is 0 Å². The number of hydrogen-bond donors (Lipinski definition) is 1. The van der Waals surface area contributed by atoms with Crippen LogP contribution in [-0.2, 0) is 21.2 Å². The molecular formula is C26H30N2O6S. The molecule has 0 heterocycles. The van der Waals surface area contributed by atoms with Gasteiger partial charge in [-0.05, 0) is 55.3 Å². The minimum Gasteiger partial charge on any atom is -0.497 e. The maximum absolute atomic E-state index is 13.6. The van der Waals surface area contributed by atoms with Crippen molar-refractivity contribution < 1.29 is 27.4 Å². The highest BCUT2D eigenvalue weighted by Gasteiger charge is 2.30. The number of anilines is 1. The van der Waals surface area contributed by atoms with Crippen molar-refractivity contribution >= 4 is 21.6 Å². The summed E-state index contributed by atoms with van der Waals surface area (Å²) in [6.07, 6.45) is 0.586. The summed E-state index contributed by atoms with van der Waals surface area (Å²) in [7, 11) is 0.439. The minimum absolute atomic E-state index is 0.0685. The average molecular weight is 499 g/mol. The van der Waals surface area contributed by atoms with Crippen LogP contribution in [0.25, 0.3) is 0 Å². The molecule has 0 fully saturated rings. The molecule has 0 aliphatic carbocycles. The van der Waals surface area contributed by atoms with Crippen LogP contribution in [0.15, 0.2) is 71.6 Å². The first kappa shape index (κ1) is 25.9. The van der Waals surface area contributed by atoms with Gasteiger partial charge in [-0.2, -0.15) is 0 Å². The van der Waals surface area contributed by atoms with Gasteiger partial charge in [0.05, 0.1) is 31.9 Å². The fraction of sp³-hybridized carbons (Fsp3) is 0.269. The minimum atomic E-state index is -4.09. The van der Waals surface area contributed by atoms with Gasteiger partial charge in [0.1, 0.15) is 23.8 Å². The van der Waals surface area contributed by atoms with Gasteiger partial charge >= 0.3 is 0 Å². The number of carbonyl (C=O) groups excluding carboxylic acids is 1. The number of nitrogens with zero attached hydrogens (tertiary/aromatic N) is 1. The van der Waals surface area contributed by atoms with Crippen molar-refractivity contribution in [2.75, 3.05) is 38.7 Å². The van der Waals surface area contributed by atoms with E-state index in [1.54, 1.807) is 31.4 Å². The molecule has 0 aliphatic rings. The summed E-state index contributed by atoms with van der Waals surface area (Å²) in [5.41, 5.74) is 2.15. The van der Waals surface area contributed by atoms with Crippen LogP contribution in [-0.4, -0.2) is 48.7 Å². The van der Waals surface area contributed by atoms with E-state index in [-0.39, 0.29) is 10.6 Å². The molecule has 1 N–H and O–H groups in total. The van der Waals surface area contributed by atoms with Crippen LogP contribution in [0, 0.1) is 6.92 Å². The van der Waals surface area contributed by atoms with Crippen LogP contribution in [0.5, 0.6) is 17.2 Å². The van der Waals surface area contributed by atoms with Crippen LogP contribution in [0.4, 0.5) is 5.69 Å². The summed E-state index contributed by atoms with van der Waals surface area (Å²) in [6.45, 7) is 1.79. The number of aryl methyl sites for hydroxylation is 1. The van der Waals surface area contributed by atoms with Crippen molar-refractivity contribution in [3.63, 3.8) is 0 Å². The molecule has 1 amide bonds. The van der Waals surface area contributed by atoms with E-state index in [9.17, 15) is 13.2 Å². The fourth-order valence-electron chi connectivity index (χ4n) is 3.45. The van der Waals surface area contributed by atoms with Crippen molar-refractivity contribution in [3.8, 4) is 17.2 Å². The van der Waals surface area contributed by atoms with E-state index < -0.39 is 22.5 Å². The molecule has 186 valence electrons. The third kappa shape index (κ3) is 6.45. The van der Waals surface area contributed by atoms with Gasteiger partial charge in [0.25, 0.3) is 10.0 Å². The van der Waals surface area contributed by atoms with Crippen molar-refractivity contribution in [3.05, 3.63) is 77.9 Å². The molecule has 0 aliphatic heterocycles. The average Bonchev–Trinajstić information content (AvgIpc) is 2.87. The van der Waals surface area contributed by atoms with Gasteiger partial charge in [-0.3, -0.25) is 9.10 Å². The van der Waals surface area contributed by atoms with E-state index in [0.717, 1.165) is 21.2 Å². The Hall–Kier alpha value is -3.72. The van der Waals surface area contributed by atoms with Gasteiger partial charge in [0, 0.05) is 12.6 Å². The number of benzene rings is 3. The van der Waals surface area contributed by atoms with Crippen LogP contribution in [0.3, 0.4) is 0 Å². The van der Waals surface area contributed by atoms with Gasteiger partial charge in [-0.15, -0.1) is 0 Å². The highest BCUT2D eigenvalue weighted by molar-refractivity contribution is 7.92. The summed E-state index contributed by atoms with van der Waals surface area (Å²) in [4.78, 5) is 13.0. The van der Waals surface area contributed by atoms with E-state index in [0.29, 0.717) is 24.5 Å². The second-order valence-corrected chi connectivity index (χ2v) is 9.67. The van der Waals surface area contributed by atoms with Crippen LogP contribution < -0.4 is 23.8 Å². The Kier molecular flexibility index (Phi) is 8.59. The van der Waals surface area contributed by atoms with E-state index in [2.05, 4.69) is 5.32 Å². The zero-order valence-corrected chi connectivity index (χ0v) is 21.1. The van der Waals surface area contributed by atoms with E-state index in [4.69, 9.17) is 14.2 Å². The number of rotatable bonds is 11. The lowest BCUT2D eigenvalue weighted by molar-refractivity contribution is -0.119. The lowest BCUT2D eigenvalue weighted by Crippen LogP contribution is -2.41. The monoisotopic (exact) mass is 498 g/mol. The summed E-state index contributed by atoms with van der Waals surface area (Å²) in [5, 5.41) is 2.81. The molecular weight excluding hydrogens is 468 g/mol. The van der Waals surface area contributed by atoms with Crippen LogP contribution >= 0.6 is 0 Å². The zero-order valence-electron chi connectivity index (χ0n) is 20.3. The molecule has 35 heavy (non-hydrogen) atoms. The predicted molar refractivity (Wildman–Crippen MR) is 135 cm³/mol. The first-order chi connectivity index (χ1) is 16.8. The van der Waals surface area contributed by atoms with Gasteiger partial charge in [-0.1, -0.05) is 29.8 Å². The quantitative estimate of drug-likeness (QED) is 0.434. The second kappa shape index (κ2) is 11.6. The van der Waals surface area contributed by atoms with Gasteiger partial charge in [-0.25, -0.2) is 8.42 Å². The predicted octanol–water partition coefficient (Wildman–Crippen LogP) is 3.58. The molecule has 3 aromatic rings. The number of carbonyl (C=O) groups is 1. The Balaban J connectivity index is 1.85. The van der Waals surface area contributed by atoms with E-state index in [1.165, 1.54) is 32.4 Å². The lowest BCUT2D eigenvalue weighted by Gasteiger charge is -2.26. The summed E-state index contributed by atoms with van der Waals surface area (Å²) in [5.74, 6) is 1.04. The topological polar surface area (TPSA) is 94.2 Å². The molecule has 9 heteroatoms. The number of nitrogens with one attached hydrogen (secondary N) is 1. The second-order valence-electron chi connectivity index (χ2n) is 7.81. The molecule has 0 saturated carbocycles. The first-order valence-corrected chi connectivity index (χ1v) is 12.4. The number of sulfonamides is 1. The third-order valence-corrected chi connectivity index (χ3v) is 7.22. The molecule has 0 bridgehead atoms. The van der Waals surface area contributed by atoms with Gasteiger partial charge in [0.15, 0.2) is 0 Å². The Bertz CT molecular complexity index is 1240. The number of ether oxygens (including phenoxy) is 3. The van der Waals surface area contributed by atoms with Crippen molar-refractivity contribution in [1.82, 2.24) is 5.32 Å². The molecule has 0 atom stereocenters. The molecule has 3 aromatic carbocycles. The van der Waals surface area contributed by atoms with Gasteiger partial charge in [0.2, 0.25) is 5.91 Å². The standard InChI is InChI=1S/C26H30N2O6S/c1-19-5-12-23(13-6-19)35(30,31)28(24-17-22(33-3)11-14-25(24)34-4)18-26(29)27-16-15-20-7-9-21(32-2)10-8-20/h5-14,17H,15-16,18H2,1-4H3,(H,27,29). The summed E-state index contributed by atoms with van der Waals surface area (Å²) >= 11 is 0. The molecule has 8 nitrogen and oxygen atoms in total. The molecule has 3 rings (SSSR count). The smallest absolute Gasteiger partial charge is 0.264 e. The molecule has 0 saturated heterocycles. The fourth-order valence-corrected chi connectivity index (χ4v) is 4.88. The van der Waals surface area contributed by atoms with E-state index >= 15 is 0 Å². The Morgan fingerprint density at radius 2 is 1.49 bits per heavy atom. The number of methoxy groups -OCH3 is 3. The van der Waals surface area contributed by atoms with Crippen LogP contribution in [0.1, 0.15) is 11.1 Å². The summed E-state index contributed by atoms with van der Waals surface area (Å²) in [6, 6.07) is 18.8. The highest BCUT2D eigenvalue weighted by Crippen LogP contribution is 2.35. The highest BCUT2D eigenvalue weighted by atomic mass is 32.2. The SMILES string of the molecule is COc1ccc(CCNC(=O)CN(c2cc(OC)ccc2OC)S(=O)(=O)c2ccc(C)cc2)cc1. The maximum Gasteiger partial charge on any atom is 0.264 e. The Morgan fingerprint density at radius 1 is 0.857 bits per heavy atom. The molecule has 0 spiro atoms. The molecule has 0 aromatic heterocycles. The van der Waals surface area contributed by atoms with Crippen molar-refractivity contribution in [2.24, 2.45) is 0 Å². The van der Waals surface area contributed by atoms with E-state index in [1.807, 2.05) is 31.2 Å². The zero-order chi connectivity index (χ0) is 25.4. The largest absolute Gasteiger partial charge is 0.497 e. The molecule has 0 radical (unpaired) electrons. The summed E-state index contributed by atoms with van der Waals surface area (Å²) < 4.78 is 44.2.